The number of nitrogens with one attached hydrogen (secondary N) is 1. The Morgan fingerprint density at radius 1 is 1.22 bits per heavy atom. The topological polar surface area (TPSA) is 118 Å². The largest absolute Gasteiger partial charge is 0.479 e. The Labute approximate surface area is 208 Å². The Kier molecular flexibility index (Phi) is 9.32. The Hall–Kier alpha value is -4.01. The second kappa shape index (κ2) is 12.6. The number of ether oxygens (including phenoxy) is 2. The van der Waals surface area contributed by atoms with Gasteiger partial charge >= 0.3 is 6.03 Å². The summed E-state index contributed by atoms with van der Waals surface area (Å²) >= 11 is 0. The van der Waals surface area contributed by atoms with Crippen molar-refractivity contribution in [1.29, 1.82) is 5.26 Å². The van der Waals surface area contributed by atoms with Crippen LogP contribution in [-0.4, -0.2) is 61.2 Å². The van der Waals surface area contributed by atoms with E-state index in [1.54, 1.807) is 25.3 Å². The van der Waals surface area contributed by atoms with E-state index in [1.165, 1.54) is 23.9 Å². The molecule has 3 aromatic rings. The van der Waals surface area contributed by atoms with E-state index in [2.05, 4.69) is 15.3 Å². The van der Waals surface area contributed by atoms with Crippen molar-refractivity contribution in [3.63, 3.8) is 0 Å². The zero-order valence-electron chi connectivity index (χ0n) is 20.1. The van der Waals surface area contributed by atoms with Crippen LogP contribution in [0.5, 0.6) is 5.88 Å². The van der Waals surface area contributed by atoms with Crippen LogP contribution in [0.3, 0.4) is 0 Å². The first-order valence-corrected chi connectivity index (χ1v) is 11.2. The lowest BCUT2D eigenvalue weighted by atomic mass is 9.98. The van der Waals surface area contributed by atoms with Gasteiger partial charge in [-0.3, -0.25) is 5.32 Å². The number of likely N-dealkylation sites (tertiary alicyclic amines) is 1. The van der Waals surface area contributed by atoms with Crippen molar-refractivity contribution < 1.29 is 23.0 Å². The highest BCUT2D eigenvalue weighted by Gasteiger charge is 2.24. The van der Waals surface area contributed by atoms with Crippen LogP contribution >= 0.6 is 0 Å². The molecule has 0 bridgehead atoms. The van der Waals surface area contributed by atoms with Crippen molar-refractivity contribution in [2.75, 3.05) is 45.8 Å². The van der Waals surface area contributed by atoms with E-state index >= 15 is 0 Å². The third-order valence-corrected chi connectivity index (χ3v) is 5.70. The smallest absolute Gasteiger partial charge is 0.317 e. The van der Waals surface area contributed by atoms with Gasteiger partial charge in [0.25, 0.3) is 5.88 Å². The van der Waals surface area contributed by atoms with Crippen LogP contribution in [0.2, 0.25) is 0 Å². The maximum Gasteiger partial charge on any atom is 0.317 e. The minimum Gasteiger partial charge on any atom is -0.479 e. The Bertz CT molecular complexity index is 1210. The number of rotatable bonds is 7. The van der Waals surface area contributed by atoms with E-state index < -0.39 is 17.7 Å². The molecular formula is C25H28F2N6O3. The lowest BCUT2D eigenvalue weighted by Gasteiger charge is -2.15. The van der Waals surface area contributed by atoms with Gasteiger partial charge in [-0.15, -0.1) is 5.10 Å². The summed E-state index contributed by atoms with van der Waals surface area (Å²) in [4.78, 5) is 13.3. The van der Waals surface area contributed by atoms with Crippen LogP contribution in [0.4, 0.5) is 19.4 Å². The van der Waals surface area contributed by atoms with E-state index in [1.807, 2.05) is 24.3 Å². The monoisotopic (exact) mass is 498 g/mol. The summed E-state index contributed by atoms with van der Waals surface area (Å²) in [7, 11) is 3.08. The van der Waals surface area contributed by atoms with Gasteiger partial charge in [0.15, 0.2) is 23.0 Å². The van der Waals surface area contributed by atoms with Gasteiger partial charge in [0.2, 0.25) is 0 Å². The minimum atomic E-state index is -0.781. The Balaban J connectivity index is 0.000000202. The number of primary amides is 1. The molecule has 0 aliphatic carbocycles. The first-order valence-electron chi connectivity index (χ1n) is 11.2. The van der Waals surface area contributed by atoms with Crippen molar-refractivity contribution >= 4 is 11.8 Å². The quantitative estimate of drug-likeness (QED) is 0.514. The number of halogens is 2. The molecule has 1 atom stereocenters. The summed E-state index contributed by atoms with van der Waals surface area (Å²) in [5.41, 5.74) is 6.78. The molecule has 1 aromatic heterocycles. The van der Waals surface area contributed by atoms with Crippen molar-refractivity contribution in [2.45, 2.75) is 12.3 Å². The van der Waals surface area contributed by atoms with Crippen molar-refractivity contribution in [3.05, 3.63) is 71.3 Å². The third kappa shape index (κ3) is 6.56. The SMILES string of the molecule is COCCN1CCC(c2ccc(F)c(F)c2)C1.COc1nn(-c2ccccc2)c(NC(N)=O)c1C#N. The van der Waals surface area contributed by atoms with Crippen LogP contribution in [-0.2, 0) is 4.74 Å². The Morgan fingerprint density at radius 2 is 1.97 bits per heavy atom. The summed E-state index contributed by atoms with van der Waals surface area (Å²) in [6.07, 6.45) is 0.995. The van der Waals surface area contributed by atoms with Gasteiger partial charge in [-0.25, -0.2) is 18.3 Å². The number of hydrogen-bond donors (Lipinski definition) is 2. The first-order chi connectivity index (χ1) is 17.4. The van der Waals surface area contributed by atoms with Gasteiger partial charge in [-0.05, 0) is 48.7 Å². The Morgan fingerprint density at radius 3 is 2.58 bits per heavy atom. The maximum absolute atomic E-state index is 13.1. The highest BCUT2D eigenvalue weighted by atomic mass is 19.2. The molecule has 2 heterocycles. The highest BCUT2D eigenvalue weighted by molar-refractivity contribution is 5.89. The molecule has 0 spiro atoms. The van der Waals surface area contributed by atoms with Crippen molar-refractivity contribution in [1.82, 2.24) is 14.7 Å². The number of amides is 2. The summed E-state index contributed by atoms with van der Waals surface area (Å²) < 4.78 is 37.4. The van der Waals surface area contributed by atoms with Gasteiger partial charge in [0.05, 0.1) is 19.4 Å². The number of carbonyl (C=O) groups excluding carboxylic acids is 1. The van der Waals surface area contributed by atoms with Gasteiger partial charge in [0.1, 0.15) is 6.07 Å². The number of para-hydroxylation sites is 1. The summed E-state index contributed by atoms with van der Waals surface area (Å²) in [6.45, 7) is 3.50. The maximum atomic E-state index is 13.1. The molecule has 9 nitrogen and oxygen atoms in total. The predicted octanol–water partition coefficient (Wildman–Crippen LogP) is 3.64. The molecule has 0 radical (unpaired) electrons. The molecule has 11 heteroatoms. The summed E-state index contributed by atoms with van der Waals surface area (Å²) in [6, 6.07) is 14.4. The van der Waals surface area contributed by atoms with E-state index in [4.69, 9.17) is 20.5 Å². The van der Waals surface area contributed by atoms with Crippen LogP contribution in [0.25, 0.3) is 5.69 Å². The van der Waals surface area contributed by atoms with Gasteiger partial charge in [0, 0.05) is 20.2 Å². The fraction of sp³-hybridized carbons (Fsp3) is 0.320. The lowest BCUT2D eigenvalue weighted by molar-refractivity contribution is 0.160. The fourth-order valence-corrected chi connectivity index (χ4v) is 3.92. The zero-order chi connectivity index (χ0) is 26.1. The second-order valence-corrected chi connectivity index (χ2v) is 8.03. The second-order valence-electron chi connectivity index (χ2n) is 8.03. The first kappa shape index (κ1) is 26.6. The number of nitrogens with two attached hydrogens (primary N) is 1. The molecule has 36 heavy (non-hydrogen) atoms. The summed E-state index contributed by atoms with van der Waals surface area (Å²) in [5.74, 6) is -0.920. The number of carbonyl (C=O) groups is 1. The minimum absolute atomic E-state index is 0.116. The molecule has 1 aliphatic rings. The average Bonchev–Trinajstić information content (AvgIpc) is 3.49. The number of nitrogens with zero attached hydrogens (tertiary/aromatic N) is 4. The molecular weight excluding hydrogens is 470 g/mol. The van der Waals surface area contributed by atoms with Crippen molar-refractivity contribution in [3.8, 4) is 17.6 Å². The van der Waals surface area contributed by atoms with Gasteiger partial charge in [-0.1, -0.05) is 24.3 Å². The van der Waals surface area contributed by atoms with Crippen molar-refractivity contribution in [2.24, 2.45) is 5.73 Å². The van der Waals surface area contributed by atoms with Crippen LogP contribution in [0.15, 0.2) is 48.5 Å². The molecule has 2 aromatic carbocycles. The number of urea groups is 1. The fourth-order valence-electron chi connectivity index (χ4n) is 3.92. The van der Waals surface area contributed by atoms with Crippen LogP contribution < -0.4 is 15.8 Å². The number of hydrogen-bond acceptors (Lipinski definition) is 6. The normalized spacial score (nSPS) is 15.0. The molecule has 0 saturated carbocycles. The molecule has 3 N–H and O–H groups in total. The zero-order valence-corrected chi connectivity index (χ0v) is 20.1. The molecule has 190 valence electrons. The average molecular weight is 499 g/mol. The highest BCUT2D eigenvalue weighted by Crippen LogP contribution is 2.29. The van der Waals surface area contributed by atoms with Crippen LogP contribution in [0.1, 0.15) is 23.5 Å². The number of methoxy groups -OCH3 is 2. The number of anilines is 1. The molecule has 1 unspecified atom stereocenters. The number of benzene rings is 2. The van der Waals surface area contributed by atoms with E-state index in [9.17, 15) is 13.6 Å². The number of nitriles is 1. The predicted molar refractivity (Wildman–Crippen MR) is 130 cm³/mol. The standard InChI is InChI=1S/C13H17F2NO.C12H11N5O2/c1-17-7-6-16-5-4-11(9-16)10-2-3-12(14)13(15)8-10;1-19-11-9(7-13)10(15-12(14)18)17(16-11)8-5-3-2-4-6-8/h2-3,8,11H,4-7,9H2,1H3;2-6H,1H3,(H3,14,15,18). The van der Waals surface area contributed by atoms with Crippen LogP contribution in [0, 0.1) is 23.0 Å². The molecule has 1 saturated heterocycles. The van der Waals surface area contributed by atoms with E-state index in [-0.39, 0.29) is 17.3 Å². The molecule has 1 fully saturated rings. The van der Waals surface area contributed by atoms with E-state index in [0.717, 1.165) is 31.6 Å². The lowest BCUT2D eigenvalue weighted by Crippen LogP contribution is -2.24. The molecule has 4 rings (SSSR count). The number of aromatic nitrogens is 2. The van der Waals surface area contributed by atoms with E-state index in [0.29, 0.717) is 18.2 Å². The summed E-state index contributed by atoms with van der Waals surface area (Å²) in [5, 5.41) is 15.6. The van der Waals surface area contributed by atoms with Gasteiger partial charge < -0.3 is 20.1 Å². The molecule has 2 amide bonds. The third-order valence-electron chi connectivity index (χ3n) is 5.70. The van der Waals surface area contributed by atoms with Gasteiger partial charge in [-0.2, -0.15) is 5.26 Å². The molecule has 1 aliphatic heterocycles.